The molecule has 0 unspecified atom stereocenters. The summed E-state index contributed by atoms with van der Waals surface area (Å²) < 4.78 is 0. The second-order valence-corrected chi connectivity index (χ2v) is 6.01. The third kappa shape index (κ3) is 4.70. The van der Waals surface area contributed by atoms with E-state index < -0.39 is 5.91 Å². The Kier molecular flexibility index (Phi) is 6.36. The van der Waals surface area contributed by atoms with Gasteiger partial charge in [0.05, 0.1) is 12.1 Å². The first-order valence-electron chi connectivity index (χ1n) is 8.53. The molecule has 2 aromatic rings. The molecule has 25 heavy (non-hydrogen) atoms. The monoisotopic (exact) mass is 342 g/mol. The molecule has 0 bridgehead atoms. The van der Waals surface area contributed by atoms with Gasteiger partial charge in [0.25, 0.3) is 5.91 Å². The Morgan fingerprint density at radius 2 is 1.80 bits per heavy atom. The number of benzene rings is 1. The number of amides is 2. The minimum Gasteiger partial charge on any atom is -0.365 e. The van der Waals surface area contributed by atoms with Crippen molar-refractivity contribution in [3.8, 4) is 0 Å². The van der Waals surface area contributed by atoms with E-state index in [1.165, 1.54) is 0 Å². The van der Waals surface area contributed by atoms with Gasteiger partial charge in [0.2, 0.25) is 5.91 Å². The average molecular weight is 342 g/mol. The molecule has 0 saturated carbocycles. The third-order valence-electron chi connectivity index (χ3n) is 4.35. The number of aromatic amines is 1. The van der Waals surface area contributed by atoms with Gasteiger partial charge >= 0.3 is 0 Å². The van der Waals surface area contributed by atoms with E-state index in [4.69, 9.17) is 5.73 Å². The maximum absolute atomic E-state index is 12.3. The topological polar surface area (TPSA) is 91.2 Å². The molecule has 0 aliphatic rings. The summed E-state index contributed by atoms with van der Waals surface area (Å²) in [5, 5.41) is 2.80. The predicted octanol–water partition coefficient (Wildman–Crippen LogP) is 2.29. The highest BCUT2D eigenvalue weighted by atomic mass is 16.2. The van der Waals surface area contributed by atoms with Crippen LogP contribution in [0.4, 0.5) is 5.82 Å². The number of hydrogen-bond acceptors (Lipinski definition) is 3. The predicted molar refractivity (Wildman–Crippen MR) is 99.7 cm³/mol. The van der Waals surface area contributed by atoms with Crippen LogP contribution >= 0.6 is 0 Å². The van der Waals surface area contributed by atoms with Gasteiger partial charge in [-0.25, -0.2) is 0 Å². The van der Waals surface area contributed by atoms with E-state index in [-0.39, 0.29) is 12.5 Å². The van der Waals surface area contributed by atoms with Crippen LogP contribution in [0.3, 0.4) is 0 Å². The first kappa shape index (κ1) is 18.7. The smallest absolute Gasteiger partial charge is 0.252 e. The van der Waals surface area contributed by atoms with E-state index in [0.29, 0.717) is 17.8 Å². The molecule has 0 atom stereocenters. The van der Waals surface area contributed by atoms with Crippen molar-refractivity contribution in [3.63, 3.8) is 0 Å². The summed E-state index contributed by atoms with van der Waals surface area (Å²) in [6.45, 7) is 7.70. The first-order chi connectivity index (χ1) is 12.0. The second-order valence-electron chi connectivity index (χ2n) is 6.01. The van der Waals surface area contributed by atoms with Gasteiger partial charge in [-0.3, -0.25) is 14.5 Å². The molecule has 6 heteroatoms. The second kappa shape index (κ2) is 8.48. The lowest BCUT2D eigenvalue weighted by Gasteiger charge is -2.17. The summed E-state index contributed by atoms with van der Waals surface area (Å²) >= 11 is 0. The lowest BCUT2D eigenvalue weighted by atomic mass is 10.1. The van der Waals surface area contributed by atoms with Crippen LogP contribution in [-0.4, -0.2) is 41.3 Å². The molecule has 4 N–H and O–H groups in total. The molecule has 6 nitrogen and oxygen atoms in total. The molecule has 134 valence electrons. The number of nitrogens with one attached hydrogen (secondary N) is 2. The molecule has 0 aliphatic heterocycles. The van der Waals surface area contributed by atoms with Crippen molar-refractivity contribution < 1.29 is 9.59 Å². The van der Waals surface area contributed by atoms with E-state index in [1.54, 1.807) is 0 Å². The number of nitrogens with two attached hydrogens (primary N) is 1. The van der Waals surface area contributed by atoms with Crippen LogP contribution in [0.1, 0.15) is 41.0 Å². The number of hydrogen-bond donors (Lipinski definition) is 3. The van der Waals surface area contributed by atoms with Crippen LogP contribution in [0.5, 0.6) is 0 Å². The molecule has 1 aromatic carbocycles. The van der Waals surface area contributed by atoms with E-state index in [0.717, 1.165) is 29.9 Å². The summed E-state index contributed by atoms with van der Waals surface area (Å²) in [4.78, 5) is 29.3. The van der Waals surface area contributed by atoms with Crippen LogP contribution in [0.2, 0.25) is 0 Å². The number of primary amides is 1. The normalized spacial score (nSPS) is 10.9. The van der Waals surface area contributed by atoms with Gasteiger partial charge in [0.1, 0.15) is 5.82 Å². The molecule has 1 heterocycles. The summed E-state index contributed by atoms with van der Waals surface area (Å²) in [6.07, 6.45) is 0.638. The zero-order valence-electron chi connectivity index (χ0n) is 15.1. The van der Waals surface area contributed by atoms with Gasteiger partial charge in [-0.15, -0.1) is 0 Å². The molecular formula is C19H26N4O2. The third-order valence-corrected chi connectivity index (χ3v) is 4.35. The van der Waals surface area contributed by atoms with Crippen molar-refractivity contribution in [2.45, 2.75) is 27.2 Å². The highest BCUT2D eigenvalue weighted by Crippen LogP contribution is 2.24. The maximum atomic E-state index is 12.3. The molecule has 0 aliphatic carbocycles. The van der Waals surface area contributed by atoms with Gasteiger partial charge in [0.15, 0.2) is 0 Å². The quantitative estimate of drug-likeness (QED) is 0.687. The highest BCUT2D eigenvalue weighted by Gasteiger charge is 2.20. The molecule has 0 saturated heterocycles. The fourth-order valence-electron chi connectivity index (χ4n) is 2.85. The maximum Gasteiger partial charge on any atom is 0.252 e. The van der Waals surface area contributed by atoms with Gasteiger partial charge in [-0.2, -0.15) is 0 Å². The summed E-state index contributed by atoms with van der Waals surface area (Å²) in [7, 11) is 0. The number of H-pyrrole nitrogens is 1. The van der Waals surface area contributed by atoms with Crippen molar-refractivity contribution >= 4 is 17.6 Å². The molecule has 0 radical (unpaired) electrons. The van der Waals surface area contributed by atoms with Crippen LogP contribution in [0.25, 0.3) is 0 Å². The summed E-state index contributed by atoms with van der Waals surface area (Å²) in [5.41, 5.74) is 8.64. The number of nitrogens with zero attached hydrogens (tertiary/aromatic N) is 1. The molecular weight excluding hydrogens is 316 g/mol. The molecule has 2 amide bonds. The van der Waals surface area contributed by atoms with E-state index in [9.17, 15) is 9.59 Å². The fraction of sp³-hybridized carbons (Fsp3) is 0.368. The summed E-state index contributed by atoms with van der Waals surface area (Å²) in [6, 6.07) is 9.93. The Morgan fingerprint density at radius 3 is 2.36 bits per heavy atom. The molecule has 1 aromatic heterocycles. The number of carbonyl (C=O) groups is 2. The molecule has 0 spiro atoms. The van der Waals surface area contributed by atoms with Crippen LogP contribution in [0.15, 0.2) is 30.3 Å². The Morgan fingerprint density at radius 1 is 1.16 bits per heavy atom. The van der Waals surface area contributed by atoms with Crippen LogP contribution < -0.4 is 11.1 Å². The van der Waals surface area contributed by atoms with E-state index >= 15 is 0 Å². The number of anilines is 1. The minimum atomic E-state index is -0.550. The van der Waals surface area contributed by atoms with Crippen molar-refractivity contribution in [2.75, 3.05) is 25.0 Å². The lowest BCUT2D eigenvalue weighted by Crippen LogP contribution is -2.33. The van der Waals surface area contributed by atoms with Gasteiger partial charge in [-0.1, -0.05) is 44.2 Å². The zero-order valence-corrected chi connectivity index (χ0v) is 15.1. The Hall–Kier alpha value is -2.60. The largest absolute Gasteiger partial charge is 0.365 e. The van der Waals surface area contributed by atoms with Crippen LogP contribution in [-0.2, 0) is 11.2 Å². The average Bonchev–Trinajstić information content (AvgIpc) is 2.88. The van der Waals surface area contributed by atoms with Crippen LogP contribution in [0, 0.1) is 6.92 Å². The summed E-state index contributed by atoms with van der Waals surface area (Å²) in [5.74, 6) is -0.335. The minimum absolute atomic E-state index is 0.168. The van der Waals surface area contributed by atoms with Crippen molar-refractivity contribution in [2.24, 2.45) is 5.73 Å². The van der Waals surface area contributed by atoms with E-state index in [1.807, 2.05) is 56.0 Å². The SMILES string of the molecule is CCN(CC)CC(=O)Nc1[nH]c(Cc2ccccc2)c(C)c1C(N)=O. The van der Waals surface area contributed by atoms with Gasteiger partial charge < -0.3 is 16.0 Å². The molecule has 2 rings (SSSR count). The first-order valence-corrected chi connectivity index (χ1v) is 8.53. The number of rotatable bonds is 8. The fourth-order valence-corrected chi connectivity index (χ4v) is 2.85. The van der Waals surface area contributed by atoms with Gasteiger partial charge in [-0.05, 0) is 31.1 Å². The van der Waals surface area contributed by atoms with E-state index in [2.05, 4.69) is 10.3 Å². The van der Waals surface area contributed by atoms with Crippen molar-refractivity contribution in [1.29, 1.82) is 0 Å². The highest BCUT2D eigenvalue weighted by molar-refractivity contribution is 6.04. The number of aromatic nitrogens is 1. The standard InChI is InChI=1S/C19H26N4O2/c1-4-23(5-2)12-16(24)22-19-17(18(20)25)13(3)15(21-19)11-14-9-7-6-8-10-14/h6-10,21H,4-5,11-12H2,1-3H3,(H2,20,25)(H,22,24). The molecule has 0 fully saturated rings. The van der Waals surface area contributed by atoms with Crippen molar-refractivity contribution in [3.05, 3.63) is 52.7 Å². The zero-order chi connectivity index (χ0) is 18.4. The Bertz CT molecular complexity index is 733. The lowest BCUT2D eigenvalue weighted by molar-refractivity contribution is -0.117. The van der Waals surface area contributed by atoms with Gasteiger partial charge in [0, 0.05) is 12.1 Å². The number of carbonyl (C=O) groups excluding carboxylic acids is 2. The Balaban J connectivity index is 2.24. The number of likely N-dealkylation sites (N-methyl/N-ethyl adjacent to an activating group) is 1. The van der Waals surface area contributed by atoms with Crippen molar-refractivity contribution in [1.82, 2.24) is 9.88 Å². The Labute approximate surface area is 148 Å².